The maximum atomic E-state index is 12.8. The number of aromatic nitrogens is 1. The molecule has 1 N–H and O–H groups in total. The van der Waals surface area contributed by atoms with Gasteiger partial charge in [0.15, 0.2) is 0 Å². The topological polar surface area (TPSA) is 76.1 Å². The first-order valence-electron chi connectivity index (χ1n) is 11.5. The van der Waals surface area contributed by atoms with Gasteiger partial charge in [0, 0.05) is 36.2 Å². The Kier molecular flexibility index (Phi) is 5.82. The highest BCUT2D eigenvalue weighted by molar-refractivity contribution is 7.89. The van der Waals surface area contributed by atoms with Crippen molar-refractivity contribution in [1.29, 1.82) is 0 Å². The minimum absolute atomic E-state index is 0.0194. The Morgan fingerprint density at radius 1 is 0.969 bits per heavy atom. The number of nitrogens with zero attached hydrogens (tertiary/aromatic N) is 1. The standard InChI is InChI=1S/C26H28N2O3S/c29-26(15-18-6-7-21-17-27-13-12-20(21)14-18)25-16-24(25)19-8-10-23(11-9-19)32(30,31)28-22-4-2-1-3-5-22/h6-14,17,22,24-25,28H,1-5,15-16H2/t24?,25-/m1/s1. The largest absolute Gasteiger partial charge is 0.299 e. The normalized spacial score (nSPS) is 21.5. The third kappa shape index (κ3) is 4.62. The lowest BCUT2D eigenvalue weighted by Crippen LogP contribution is -2.36. The van der Waals surface area contributed by atoms with Crippen molar-refractivity contribution in [3.8, 4) is 0 Å². The zero-order valence-corrected chi connectivity index (χ0v) is 18.9. The Morgan fingerprint density at radius 3 is 2.53 bits per heavy atom. The zero-order chi connectivity index (χ0) is 22.1. The number of nitrogens with one attached hydrogen (secondary N) is 1. The van der Waals surface area contributed by atoms with Crippen molar-refractivity contribution in [3.63, 3.8) is 0 Å². The van der Waals surface area contributed by atoms with Crippen LogP contribution in [0.5, 0.6) is 0 Å². The summed E-state index contributed by atoms with van der Waals surface area (Å²) in [7, 11) is -3.49. The summed E-state index contributed by atoms with van der Waals surface area (Å²) in [6, 6.07) is 15.2. The van der Waals surface area contributed by atoms with E-state index in [2.05, 4.69) is 15.8 Å². The van der Waals surface area contributed by atoms with Gasteiger partial charge in [-0.3, -0.25) is 9.78 Å². The van der Waals surface area contributed by atoms with Gasteiger partial charge in [-0.2, -0.15) is 0 Å². The van der Waals surface area contributed by atoms with Gasteiger partial charge in [0.05, 0.1) is 4.90 Å². The Bertz CT molecular complexity index is 1230. The number of sulfonamides is 1. The maximum Gasteiger partial charge on any atom is 0.240 e. The smallest absolute Gasteiger partial charge is 0.240 e. The number of hydrogen-bond acceptors (Lipinski definition) is 4. The summed E-state index contributed by atoms with van der Waals surface area (Å²) in [5, 5.41) is 2.16. The van der Waals surface area contributed by atoms with Crippen molar-refractivity contribution in [2.24, 2.45) is 5.92 Å². The van der Waals surface area contributed by atoms with Crippen LogP contribution in [-0.2, 0) is 21.2 Å². The molecule has 166 valence electrons. The first-order chi connectivity index (χ1) is 15.5. The summed E-state index contributed by atoms with van der Waals surface area (Å²) in [5.41, 5.74) is 2.07. The molecule has 3 aromatic rings. The van der Waals surface area contributed by atoms with Gasteiger partial charge in [0.1, 0.15) is 5.78 Å². The fourth-order valence-electron chi connectivity index (χ4n) is 4.90. The van der Waals surface area contributed by atoms with E-state index >= 15 is 0 Å². The molecular formula is C26H28N2O3S. The third-order valence-corrected chi connectivity index (χ3v) is 8.37. The number of benzene rings is 2. The number of ketones is 1. The van der Waals surface area contributed by atoms with Crippen LogP contribution in [0.4, 0.5) is 0 Å². The number of carbonyl (C=O) groups is 1. The van der Waals surface area contributed by atoms with Crippen LogP contribution >= 0.6 is 0 Å². The zero-order valence-electron chi connectivity index (χ0n) is 18.0. The molecule has 2 saturated carbocycles. The molecule has 5 rings (SSSR count). The molecule has 2 aliphatic rings. The number of fused-ring (bicyclic) bond motifs is 1. The molecule has 2 fully saturated rings. The molecule has 32 heavy (non-hydrogen) atoms. The average Bonchev–Trinajstić information content (AvgIpc) is 3.61. The molecule has 1 heterocycles. The Balaban J connectivity index is 1.21. The number of Topliss-reactive ketones (excluding diaryl/α,β-unsaturated/α-hetero) is 1. The summed E-state index contributed by atoms with van der Waals surface area (Å²) in [6.07, 6.45) is 10.0. The van der Waals surface area contributed by atoms with Gasteiger partial charge < -0.3 is 0 Å². The molecule has 0 amide bonds. The first kappa shape index (κ1) is 21.3. The third-order valence-electron chi connectivity index (χ3n) is 6.83. The van der Waals surface area contributed by atoms with Crippen LogP contribution in [-0.4, -0.2) is 25.2 Å². The van der Waals surface area contributed by atoms with Crippen LogP contribution in [0.1, 0.15) is 55.6 Å². The SMILES string of the molecule is O=C(Cc1ccc2cnccc2c1)[C@@H]1CC1c1ccc(S(=O)(=O)NC2CCCCC2)cc1. The fourth-order valence-corrected chi connectivity index (χ4v) is 6.20. The molecule has 2 atom stereocenters. The average molecular weight is 449 g/mol. The summed E-state index contributed by atoms with van der Waals surface area (Å²) < 4.78 is 28.3. The van der Waals surface area contributed by atoms with E-state index < -0.39 is 10.0 Å². The number of hydrogen-bond donors (Lipinski definition) is 1. The lowest BCUT2D eigenvalue weighted by atomic mass is 9.96. The predicted octanol–water partition coefficient (Wildman–Crippen LogP) is 4.76. The molecule has 0 bridgehead atoms. The van der Waals surface area contributed by atoms with E-state index in [0.717, 1.165) is 54.0 Å². The van der Waals surface area contributed by atoms with E-state index in [9.17, 15) is 13.2 Å². The van der Waals surface area contributed by atoms with Crippen molar-refractivity contribution >= 4 is 26.6 Å². The highest BCUT2D eigenvalue weighted by atomic mass is 32.2. The molecule has 0 radical (unpaired) electrons. The number of rotatable bonds is 7. The number of pyridine rings is 1. The van der Waals surface area contributed by atoms with Gasteiger partial charge in [-0.25, -0.2) is 13.1 Å². The van der Waals surface area contributed by atoms with Crippen molar-refractivity contribution in [3.05, 3.63) is 72.1 Å². The second kappa shape index (κ2) is 8.75. The fraction of sp³-hybridized carbons (Fsp3) is 0.385. The maximum absolute atomic E-state index is 12.8. The molecule has 0 aliphatic heterocycles. The van der Waals surface area contributed by atoms with Crippen LogP contribution < -0.4 is 4.72 Å². The highest BCUT2D eigenvalue weighted by Crippen LogP contribution is 2.48. The molecule has 2 aliphatic carbocycles. The second-order valence-electron chi connectivity index (χ2n) is 9.17. The minimum Gasteiger partial charge on any atom is -0.299 e. The molecule has 1 aromatic heterocycles. The Labute approximate surface area is 189 Å². The van der Waals surface area contributed by atoms with Crippen LogP contribution in [0.15, 0.2) is 65.8 Å². The van der Waals surface area contributed by atoms with E-state index in [1.165, 1.54) is 6.42 Å². The number of carbonyl (C=O) groups excluding carboxylic acids is 1. The van der Waals surface area contributed by atoms with Crippen molar-refractivity contribution in [1.82, 2.24) is 9.71 Å². The van der Waals surface area contributed by atoms with Gasteiger partial charge in [0.25, 0.3) is 0 Å². The Morgan fingerprint density at radius 2 is 1.75 bits per heavy atom. The monoisotopic (exact) mass is 448 g/mol. The Hall–Kier alpha value is -2.57. The van der Waals surface area contributed by atoms with Gasteiger partial charge in [-0.15, -0.1) is 0 Å². The van der Waals surface area contributed by atoms with E-state index in [-0.39, 0.29) is 23.7 Å². The van der Waals surface area contributed by atoms with Crippen molar-refractivity contribution < 1.29 is 13.2 Å². The van der Waals surface area contributed by atoms with Crippen molar-refractivity contribution in [2.75, 3.05) is 0 Å². The summed E-state index contributed by atoms with van der Waals surface area (Å²) in [6.45, 7) is 0. The summed E-state index contributed by atoms with van der Waals surface area (Å²) >= 11 is 0. The minimum atomic E-state index is -3.49. The van der Waals surface area contributed by atoms with Crippen LogP contribution in [0.3, 0.4) is 0 Å². The highest BCUT2D eigenvalue weighted by Gasteiger charge is 2.43. The van der Waals surface area contributed by atoms with Gasteiger partial charge in [0.2, 0.25) is 10.0 Å². The van der Waals surface area contributed by atoms with Gasteiger partial charge in [-0.05, 0) is 59.9 Å². The van der Waals surface area contributed by atoms with E-state index in [0.29, 0.717) is 11.3 Å². The van der Waals surface area contributed by atoms with Crippen molar-refractivity contribution in [2.45, 2.75) is 61.8 Å². The molecule has 0 saturated heterocycles. The van der Waals surface area contributed by atoms with E-state index in [4.69, 9.17) is 0 Å². The van der Waals surface area contributed by atoms with Crippen LogP contribution in [0, 0.1) is 5.92 Å². The molecule has 1 unspecified atom stereocenters. The van der Waals surface area contributed by atoms with Crippen LogP contribution in [0.25, 0.3) is 10.8 Å². The summed E-state index contributed by atoms with van der Waals surface area (Å²) in [5.74, 6) is 0.459. The van der Waals surface area contributed by atoms with E-state index in [1.54, 1.807) is 18.3 Å². The lowest BCUT2D eigenvalue weighted by molar-refractivity contribution is -0.119. The van der Waals surface area contributed by atoms with Gasteiger partial charge in [-0.1, -0.05) is 49.6 Å². The van der Waals surface area contributed by atoms with Crippen LogP contribution in [0.2, 0.25) is 0 Å². The molecule has 2 aromatic carbocycles. The molecule has 6 heteroatoms. The summed E-state index contributed by atoms with van der Waals surface area (Å²) in [4.78, 5) is 17.3. The lowest BCUT2D eigenvalue weighted by Gasteiger charge is -2.22. The first-order valence-corrected chi connectivity index (χ1v) is 13.0. The molecule has 5 nitrogen and oxygen atoms in total. The quantitative estimate of drug-likeness (QED) is 0.565. The molecule has 0 spiro atoms. The van der Waals surface area contributed by atoms with E-state index in [1.807, 2.05) is 36.5 Å². The molecular weight excluding hydrogens is 420 g/mol. The predicted molar refractivity (Wildman–Crippen MR) is 125 cm³/mol. The van der Waals surface area contributed by atoms with Gasteiger partial charge >= 0.3 is 0 Å². The second-order valence-corrected chi connectivity index (χ2v) is 10.9.